The van der Waals surface area contributed by atoms with Crippen molar-refractivity contribution in [2.75, 3.05) is 19.8 Å². The van der Waals surface area contributed by atoms with Gasteiger partial charge in [-0.2, -0.15) is 0 Å². The maximum Gasteiger partial charge on any atom is 0.328 e. The van der Waals surface area contributed by atoms with Gasteiger partial charge in [-0.25, -0.2) is 9.48 Å². The maximum absolute atomic E-state index is 12.7. The molecule has 1 aliphatic rings. The zero-order chi connectivity index (χ0) is 17.3. The Labute approximate surface area is 138 Å². The van der Waals surface area contributed by atoms with Crippen LogP contribution in [0.2, 0.25) is 0 Å². The molecule has 0 bridgehead atoms. The van der Waals surface area contributed by atoms with Crippen molar-refractivity contribution in [1.82, 2.24) is 19.9 Å². The molecule has 1 aromatic heterocycles. The second-order valence-electron chi connectivity index (χ2n) is 5.70. The van der Waals surface area contributed by atoms with Crippen LogP contribution >= 0.6 is 0 Å². The maximum atomic E-state index is 12.7. The van der Waals surface area contributed by atoms with Crippen molar-refractivity contribution in [3.63, 3.8) is 0 Å². The number of aliphatic carboxylic acids is 1. The van der Waals surface area contributed by atoms with Crippen molar-refractivity contribution >= 4 is 11.9 Å². The molecule has 8 nitrogen and oxygen atoms in total. The SMILES string of the molecule is Cc1ccc(-n2nnc(C(=O)N3CCOC[C@@H]3C(=O)O)c2C)cc1. The van der Waals surface area contributed by atoms with Crippen LogP contribution in [0.1, 0.15) is 21.7 Å². The van der Waals surface area contributed by atoms with Gasteiger partial charge >= 0.3 is 5.97 Å². The number of benzene rings is 1. The summed E-state index contributed by atoms with van der Waals surface area (Å²) in [5.41, 5.74) is 2.63. The Bertz CT molecular complexity index is 769. The summed E-state index contributed by atoms with van der Waals surface area (Å²) >= 11 is 0. The van der Waals surface area contributed by atoms with Crippen molar-refractivity contribution in [3.05, 3.63) is 41.2 Å². The number of hydrogen-bond donors (Lipinski definition) is 1. The Morgan fingerprint density at radius 1 is 1.25 bits per heavy atom. The van der Waals surface area contributed by atoms with Crippen molar-refractivity contribution in [2.24, 2.45) is 0 Å². The van der Waals surface area contributed by atoms with Crippen LogP contribution in [0, 0.1) is 13.8 Å². The Hall–Kier alpha value is -2.74. The number of ether oxygens (including phenoxy) is 1. The summed E-state index contributed by atoms with van der Waals surface area (Å²) in [7, 11) is 0. The van der Waals surface area contributed by atoms with Crippen molar-refractivity contribution in [1.29, 1.82) is 0 Å². The van der Waals surface area contributed by atoms with E-state index in [2.05, 4.69) is 10.3 Å². The lowest BCUT2D eigenvalue weighted by Crippen LogP contribution is -2.52. The largest absolute Gasteiger partial charge is 0.480 e. The molecule has 1 amide bonds. The Morgan fingerprint density at radius 3 is 2.62 bits per heavy atom. The van der Waals surface area contributed by atoms with Gasteiger partial charge in [0.1, 0.15) is 0 Å². The molecule has 0 saturated carbocycles. The normalized spacial score (nSPS) is 17.8. The zero-order valence-electron chi connectivity index (χ0n) is 13.5. The Kier molecular flexibility index (Phi) is 4.30. The minimum absolute atomic E-state index is 0.0216. The second-order valence-corrected chi connectivity index (χ2v) is 5.70. The number of nitrogens with zero attached hydrogens (tertiary/aromatic N) is 4. The molecule has 1 atom stereocenters. The van der Waals surface area contributed by atoms with E-state index in [9.17, 15) is 14.7 Å². The summed E-state index contributed by atoms with van der Waals surface area (Å²) in [6.07, 6.45) is 0. The van der Waals surface area contributed by atoms with E-state index in [-0.39, 0.29) is 18.8 Å². The number of aromatic nitrogens is 3. The lowest BCUT2D eigenvalue weighted by Gasteiger charge is -2.32. The number of aryl methyl sites for hydroxylation is 1. The topological polar surface area (TPSA) is 97.5 Å². The van der Waals surface area contributed by atoms with E-state index >= 15 is 0 Å². The summed E-state index contributed by atoms with van der Waals surface area (Å²) in [4.78, 5) is 25.3. The Balaban J connectivity index is 1.91. The van der Waals surface area contributed by atoms with Crippen LogP contribution in [-0.2, 0) is 9.53 Å². The fourth-order valence-corrected chi connectivity index (χ4v) is 2.65. The molecule has 1 fully saturated rings. The van der Waals surface area contributed by atoms with E-state index in [1.54, 1.807) is 11.6 Å². The van der Waals surface area contributed by atoms with Gasteiger partial charge in [-0.3, -0.25) is 4.79 Å². The summed E-state index contributed by atoms with van der Waals surface area (Å²) in [6.45, 7) is 4.22. The van der Waals surface area contributed by atoms with Crippen LogP contribution < -0.4 is 0 Å². The van der Waals surface area contributed by atoms with Gasteiger partial charge in [0, 0.05) is 6.54 Å². The average molecular weight is 330 g/mol. The van der Waals surface area contributed by atoms with Crippen LogP contribution in [0.3, 0.4) is 0 Å². The molecule has 1 N–H and O–H groups in total. The highest BCUT2D eigenvalue weighted by molar-refractivity contribution is 5.96. The molecule has 0 spiro atoms. The number of carbonyl (C=O) groups is 2. The number of morpholine rings is 1. The molecular weight excluding hydrogens is 312 g/mol. The van der Waals surface area contributed by atoms with E-state index in [0.29, 0.717) is 12.3 Å². The van der Waals surface area contributed by atoms with Gasteiger partial charge in [0.2, 0.25) is 0 Å². The van der Waals surface area contributed by atoms with Crippen LogP contribution in [0.5, 0.6) is 0 Å². The number of carboxylic acids is 1. The third-order valence-electron chi connectivity index (χ3n) is 4.05. The monoisotopic (exact) mass is 330 g/mol. The molecule has 0 unspecified atom stereocenters. The summed E-state index contributed by atoms with van der Waals surface area (Å²) in [5.74, 6) is -1.53. The highest BCUT2D eigenvalue weighted by Crippen LogP contribution is 2.17. The van der Waals surface area contributed by atoms with Crippen molar-refractivity contribution in [2.45, 2.75) is 19.9 Å². The third kappa shape index (κ3) is 2.88. The molecule has 0 radical (unpaired) electrons. The smallest absolute Gasteiger partial charge is 0.328 e. The molecular formula is C16H18N4O4. The number of amides is 1. The summed E-state index contributed by atoms with van der Waals surface area (Å²) in [6, 6.07) is 6.66. The fraction of sp³-hybridized carbons (Fsp3) is 0.375. The molecule has 1 aliphatic heterocycles. The number of carboxylic acid groups (broad SMARTS) is 1. The highest BCUT2D eigenvalue weighted by Gasteiger charge is 2.35. The molecule has 126 valence electrons. The quantitative estimate of drug-likeness (QED) is 0.894. The lowest BCUT2D eigenvalue weighted by molar-refractivity contribution is -0.147. The van der Waals surface area contributed by atoms with Gasteiger partial charge in [-0.05, 0) is 26.0 Å². The third-order valence-corrected chi connectivity index (χ3v) is 4.05. The number of rotatable bonds is 3. The van der Waals surface area contributed by atoms with Gasteiger partial charge < -0.3 is 14.7 Å². The first-order chi connectivity index (χ1) is 11.5. The molecule has 2 heterocycles. The highest BCUT2D eigenvalue weighted by atomic mass is 16.5. The summed E-state index contributed by atoms with van der Waals surface area (Å²) in [5, 5.41) is 17.3. The molecule has 24 heavy (non-hydrogen) atoms. The molecule has 1 aromatic carbocycles. The predicted molar refractivity (Wildman–Crippen MR) is 84.1 cm³/mol. The van der Waals surface area contributed by atoms with Crippen LogP contribution in [0.4, 0.5) is 0 Å². The van der Waals surface area contributed by atoms with Crippen LogP contribution in [0.15, 0.2) is 24.3 Å². The van der Waals surface area contributed by atoms with Gasteiger partial charge in [-0.15, -0.1) is 5.10 Å². The van der Waals surface area contributed by atoms with Crippen molar-refractivity contribution < 1.29 is 19.4 Å². The fourth-order valence-electron chi connectivity index (χ4n) is 2.65. The molecule has 0 aliphatic carbocycles. The van der Waals surface area contributed by atoms with E-state index in [0.717, 1.165) is 11.3 Å². The first-order valence-corrected chi connectivity index (χ1v) is 7.60. The zero-order valence-corrected chi connectivity index (χ0v) is 13.5. The van der Waals surface area contributed by atoms with Gasteiger partial charge in [-0.1, -0.05) is 22.9 Å². The van der Waals surface area contributed by atoms with E-state index in [1.165, 1.54) is 4.90 Å². The number of hydrogen-bond acceptors (Lipinski definition) is 5. The minimum Gasteiger partial charge on any atom is -0.480 e. The van der Waals surface area contributed by atoms with Gasteiger partial charge in [0.05, 0.1) is 24.6 Å². The van der Waals surface area contributed by atoms with Crippen LogP contribution in [0.25, 0.3) is 5.69 Å². The second kappa shape index (κ2) is 6.40. The molecule has 3 rings (SSSR count). The van der Waals surface area contributed by atoms with Gasteiger partial charge in [0.15, 0.2) is 11.7 Å². The van der Waals surface area contributed by atoms with E-state index < -0.39 is 17.9 Å². The lowest BCUT2D eigenvalue weighted by atomic mass is 10.2. The first kappa shape index (κ1) is 16.1. The van der Waals surface area contributed by atoms with E-state index in [4.69, 9.17) is 4.74 Å². The molecule has 1 saturated heterocycles. The van der Waals surface area contributed by atoms with Gasteiger partial charge in [0.25, 0.3) is 5.91 Å². The first-order valence-electron chi connectivity index (χ1n) is 7.60. The molecule has 2 aromatic rings. The Morgan fingerprint density at radius 2 is 1.96 bits per heavy atom. The standard InChI is InChI=1S/C16H18N4O4/c1-10-3-5-12(6-4-10)20-11(2)14(17-18-20)15(21)19-7-8-24-9-13(19)16(22)23/h3-6,13H,7-9H2,1-2H3,(H,22,23)/t13-/m1/s1. The van der Waals surface area contributed by atoms with E-state index in [1.807, 2.05) is 31.2 Å². The predicted octanol–water partition coefficient (Wildman–Crippen LogP) is 0.810. The summed E-state index contributed by atoms with van der Waals surface area (Å²) < 4.78 is 6.73. The minimum atomic E-state index is -1.09. The number of carbonyl (C=O) groups excluding carboxylic acids is 1. The van der Waals surface area contributed by atoms with Crippen molar-refractivity contribution in [3.8, 4) is 5.69 Å². The van der Waals surface area contributed by atoms with Crippen LogP contribution in [-0.4, -0.2) is 62.7 Å². The molecule has 8 heteroatoms. The average Bonchev–Trinajstić information content (AvgIpc) is 2.96.